The molecule has 0 spiro atoms. The summed E-state index contributed by atoms with van der Waals surface area (Å²) in [5, 5.41) is 2.84. The topological polar surface area (TPSA) is 84.9 Å². The number of hydrogen-bond acceptors (Lipinski definition) is 5. The van der Waals surface area contributed by atoms with Crippen LogP contribution < -0.4 is 5.32 Å². The van der Waals surface area contributed by atoms with Crippen molar-refractivity contribution in [2.45, 2.75) is 76.9 Å². The molecule has 1 heterocycles. The maximum atomic E-state index is 13.0. The number of ether oxygens (including phenoxy) is 2. The predicted molar refractivity (Wildman–Crippen MR) is 130 cm³/mol. The lowest BCUT2D eigenvalue weighted by Crippen LogP contribution is -2.51. The van der Waals surface area contributed by atoms with Crippen molar-refractivity contribution in [3.8, 4) is 11.5 Å². The number of nitrogens with one attached hydrogen (secondary N) is 1. The van der Waals surface area contributed by atoms with Gasteiger partial charge in [0.2, 0.25) is 5.91 Å². The molecule has 180 valence electrons. The largest absolute Gasteiger partial charge is 0.467 e. The van der Waals surface area contributed by atoms with Gasteiger partial charge in [-0.05, 0) is 23.4 Å². The highest BCUT2D eigenvalue weighted by Gasteiger charge is 2.37. The molecule has 1 N–H and O–H groups in total. The van der Waals surface area contributed by atoms with Gasteiger partial charge < -0.3 is 14.8 Å². The Bertz CT molecular complexity index is 899. The fourth-order valence-electron chi connectivity index (χ4n) is 3.23. The van der Waals surface area contributed by atoms with Gasteiger partial charge in [0.1, 0.15) is 26.8 Å². The van der Waals surface area contributed by atoms with Gasteiger partial charge in [-0.15, -0.1) is 11.5 Å². The van der Waals surface area contributed by atoms with Crippen LogP contribution in [0, 0.1) is 11.5 Å². The molecule has 0 aromatic heterocycles. The van der Waals surface area contributed by atoms with E-state index in [2.05, 4.69) is 50.6 Å². The highest BCUT2D eigenvalue weighted by atomic mass is 28.3. The summed E-state index contributed by atoms with van der Waals surface area (Å²) >= 11 is 0. The van der Waals surface area contributed by atoms with Gasteiger partial charge in [-0.1, -0.05) is 64.2 Å². The Kier molecular flexibility index (Phi) is 9.12. The van der Waals surface area contributed by atoms with Gasteiger partial charge in [0.15, 0.2) is 0 Å². The van der Waals surface area contributed by atoms with E-state index in [0.717, 1.165) is 5.56 Å². The average Bonchev–Trinajstić information content (AvgIpc) is 3.26. The molecular weight excluding hydrogens is 436 g/mol. The Labute approximate surface area is 198 Å². The number of benzene rings is 1. The zero-order chi connectivity index (χ0) is 24.6. The van der Waals surface area contributed by atoms with Crippen LogP contribution in [0.3, 0.4) is 0 Å². The number of hydrogen-bond donors (Lipinski definition) is 1. The third kappa shape index (κ3) is 7.36. The Balaban J connectivity index is 2.02. The summed E-state index contributed by atoms with van der Waals surface area (Å²) in [6, 6.07) is 7.80. The number of esters is 1. The second kappa shape index (κ2) is 11.4. The highest BCUT2D eigenvalue weighted by Crippen LogP contribution is 2.35. The molecule has 1 aromatic carbocycles. The molecule has 1 aliphatic rings. The molecule has 0 aliphatic carbocycles. The van der Waals surface area contributed by atoms with Crippen molar-refractivity contribution in [1.82, 2.24) is 10.2 Å². The van der Waals surface area contributed by atoms with Crippen molar-refractivity contribution in [2.75, 3.05) is 13.7 Å². The van der Waals surface area contributed by atoms with Crippen molar-refractivity contribution in [3.05, 3.63) is 35.9 Å². The zero-order valence-electron chi connectivity index (χ0n) is 20.6. The van der Waals surface area contributed by atoms with Crippen molar-refractivity contribution in [2.24, 2.45) is 0 Å². The molecule has 2 rings (SSSR count). The Morgan fingerprint density at radius 1 is 1.21 bits per heavy atom. The van der Waals surface area contributed by atoms with Crippen LogP contribution in [0.5, 0.6) is 0 Å². The van der Waals surface area contributed by atoms with E-state index in [1.54, 1.807) is 0 Å². The summed E-state index contributed by atoms with van der Waals surface area (Å²) in [7, 11) is -0.557. The summed E-state index contributed by atoms with van der Waals surface area (Å²) in [5.74, 6) is 2.16. The first-order valence-corrected chi connectivity index (χ1v) is 14.3. The first kappa shape index (κ1) is 26.5. The third-order valence-corrected chi connectivity index (χ3v) is 10.9. The van der Waals surface area contributed by atoms with Crippen LogP contribution in [0.4, 0.5) is 4.79 Å². The van der Waals surface area contributed by atoms with E-state index in [9.17, 15) is 14.4 Å². The van der Waals surface area contributed by atoms with E-state index in [1.807, 2.05) is 30.3 Å². The van der Waals surface area contributed by atoms with Gasteiger partial charge in [0, 0.05) is 13.0 Å². The van der Waals surface area contributed by atoms with E-state index in [4.69, 9.17) is 9.47 Å². The van der Waals surface area contributed by atoms with E-state index >= 15 is 0 Å². The van der Waals surface area contributed by atoms with Crippen molar-refractivity contribution in [3.63, 3.8) is 0 Å². The molecule has 0 saturated carbocycles. The van der Waals surface area contributed by atoms with Crippen LogP contribution in [-0.2, 0) is 25.7 Å². The predicted octanol–water partition coefficient (Wildman–Crippen LogP) is 3.89. The third-order valence-electron chi connectivity index (χ3n) is 6.38. The number of amides is 2. The second-order valence-corrected chi connectivity index (χ2v) is 14.9. The van der Waals surface area contributed by atoms with Gasteiger partial charge in [0.25, 0.3) is 0 Å². The molecule has 1 saturated heterocycles. The molecule has 1 aliphatic heterocycles. The standard InChI is InChI=1S/C25H36N2O5Si/c1-25(2,3)33(5,6)17-11-14-20(23(29)31-4)26-22(28)21-15-10-16-27(21)24(30)32-18-19-12-8-7-9-13-19/h7-9,12-13,20-21H,10,14-16,18H2,1-6H3,(H,26,28)/t20-,21+/m0/s1. The van der Waals surface area contributed by atoms with Gasteiger partial charge >= 0.3 is 12.1 Å². The van der Waals surface area contributed by atoms with Crippen molar-refractivity contribution < 1.29 is 23.9 Å². The number of methoxy groups -OCH3 is 1. The van der Waals surface area contributed by atoms with Gasteiger partial charge in [-0.3, -0.25) is 9.69 Å². The first-order valence-electron chi connectivity index (χ1n) is 11.3. The fourth-order valence-corrected chi connectivity index (χ4v) is 4.14. The van der Waals surface area contributed by atoms with Gasteiger partial charge in [-0.25, -0.2) is 9.59 Å². The summed E-state index contributed by atoms with van der Waals surface area (Å²) in [4.78, 5) is 39.3. The molecule has 7 nitrogen and oxygen atoms in total. The van der Waals surface area contributed by atoms with E-state index in [1.165, 1.54) is 12.0 Å². The minimum atomic E-state index is -1.84. The quantitative estimate of drug-likeness (QED) is 0.386. The van der Waals surface area contributed by atoms with E-state index < -0.39 is 38.1 Å². The minimum absolute atomic E-state index is 0.0917. The van der Waals surface area contributed by atoms with Crippen LogP contribution in [0.1, 0.15) is 45.6 Å². The maximum Gasteiger partial charge on any atom is 0.410 e. The smallest absolute Gasteiger partial charge is 0.410 e. The Hall–Kier alpha value is -2.79. The van der Waals surface area contributed by atoms with Crippen LogP contribution >= 0.6 is 0 Å². The van der Waals surface area contributed by atoms with Crippen LogP contribution in [0.2, 0.25) is 18.1 Å². The summed E-state index contributed by atoms with van der Waals surface area (Å²) in [5.41, 5.74) is 4.23. The molecule has 0 radical (unpaired) electrons. The Morgan fingerprint density at radius 3 is 2.48 bits per heavy atom. The van der Waals surface area contributed by atoms with Crippen LogP contribution in [0.15, 0.2) is 30.3 Å². The van der Waals surface area contributed by atoms with Crippen LogP contribution in [0.25, 0.3) is 0 Å². The first-order chi connectivity index (χ1) is 15.5. The number of nitrogens with zero attached hydrogens (tertiary/aromatic N) is 1. The number of likely N-dealkylation sites (tertiary alicyclic amines) is 1. The second-order valence-electron chi connectivity index (χ2n) is 9.86. The molecule has 1 fully saturated rings. The lowest BCUT2D eigenvalue weighted by molar-refractivity contribution is -0.145. The zero-order valence-corrected chi connectivity index (χ0v) is 21.6. The number of carbonyl (C=O) groups is 3. The lowest BCUT2D eigenvalue weighted by Gasteiger charge is -2.31. The van der Waals surface area contributed by atoms with Gasteiger partial charge in [-0.2, -0.15) is 0 Å². The monoisotopic (exact) mass is 472 g/mol. The molecule has 33 heavy (non-hydrogen) atoms. The number of carbonyl (C=O) groups excluding carboxylic acids is 3. The molecule has 2 amide bonds. The summed E-state index contributed by atoms with van der Waals surface area (Å²) in [6.07, 6.45) is 0.822. The summed E-state index contributed by atoms with van der Waals surface area (Å²) in [6.45, 7) is 11.4. The highest BCUT2D eigenvalue weighted by molar-refractivity contribution is 6.87. The van der Waals surface area contributed by atoms with E-state index in [0.29, 0.717) is 19.4 Å². The van der Waals surface area contributed by atoms with E-state index in [-0.39, 0.29) is 18.1 Å². The Morgan fingerprint density at radius 2 is 1.88 bits per heavy atom. The lowest BCUT2D eigenvalue weighted by atomic mass is 10.1. The van der Waals surface area contributed by atoms with Crippen molar-refractivity contribution in [1.29, 1.82) is 0 Å². The fraction of sp³-hybridized carbons (Fsp3) is 0.560. The molecule has 2 atom stereocenters. The SMILES string of the molecule is COC(=O)[C@H](CC#C[Si](C)(C)C(C)(C)C)NC(=O)[C@H]1CCCN1C(=O)OCc1ccccc1. The average molecular weight is 473 g/mol. The minimum Gasteiger partial charge on any atom is -0.467 e. The molecule has 0 unspecified atom stereocenters. The normalized spacial score (nSPS) is 16.9. The maximum absolute atomic E-state index is 13.0. The van der Waals surface area contributed by atoms with Crippen LogP contribution in [-0.4, -0.2) is 56.7 Å². The number of rotatable bonds is 6. The van der Waals surface area contributed by atoms with Gasteiger partial charge in [0.05, 0.1) is 7.11 Å². The molecule has 1 aromatic rings. The summed E-state index contributed by atoms with van der Waals surface area (Å²) < 4.78 is 10.3. The molecular formula is C25H36N2O5Si. The van der Waals surface area contributed by atoms with Crippen molar-refractivity contribution >= 4 is 26.0 Å². The molecule has 8 heteroatoms. The molecule has 0 bridgehead atoms.